The molecule has 0 unspecified atom stereocenters. The molecule has 22 heavy (non-hydrogen) atoms. The zero-order valence-electron chi connectivity index (χ0n) is 13.8. The fraction of sp³-hybridized carbons (Fsp3) is 0.412. The van der Waals surface area contributed by atoms with E-state index in [0.29, 0.717) is 11.7 Å². The van der Waals surface area contributed by atoms with Crippen LogP contribution in [0.3, 0.4) is 0 Å². The van der Waals surface area contributed by atoms with Gasteiger partial charge in [0.05, 0.1) is 6.04 Å². The largest absolute Gasteiger partial charge is 0.323 e. The van der Waals surface area contributed by atoms with Gasteiger partial charge in [0.2, 0.25) is 0 Å². The third-order valence-electron chi connectivity index (χ3n) is 3.92. The third-order valence-corrected chi connectivity index (χ3v) is 3.92. The number of amides is 2. The number of urea groups is 1. The Labute approximate surface area is 131 Å². The van der Waals surface area contributed by atoms with Gasteiger partial charge in [-0.1, -0.05) is 43.7 Å². The van der Waals surface area contributed by atoms with Crippen LogP contribution in [0.1, 0.15) is 49.6 Å². The molecule has 118 valence electrons. The molecule has 2 N–H and O–H groups in total. The van der Waals surface area contributed by atoms with Gasteiger partial charge in [-0.15, -0.1) is 0 Å². The van der Waals surface area contributed by atoms with Crippen LogP contribution in [-0.4, -0.2) is 28.2 Å². The fourth-order valence-corrected chi connectivity index (χ4v) is 2.14. The van der Waals surface area contributed by atoms with Gasteiger partial charge >= 0.3 is 6.03 Å². The Kier molecular flexibility index (Phi) is 4.85. The van der Waals surface area contributed by atoms with E-state index in [4.69, 9.17) is 0 Å². The van der Waals surface area contributed by atoms with E-state index < -0.39 is 0 Å². The highest BCUT2D eigenvalue weighted by atomic mass is 16.2. The number of carbonyl (C=O) groups excluding carboxylic acids is 1. The SMILES string of the molecule is Cc1ccc([C@H](C)N(C)C(=O)Nc2cc(C(C)C)[nH]n2)cc1. The first-order valence-corrected chi connectivity index (χ1v) is 7.54. The summed E-state index contributed by atoms with van der Waals surface area (Å²) in [7, 11) is 1.79. The molecule has 0 saturated carbocycles. The van der Waals surface area contributed by atoms with Gasteiger partial charge in [0.15, 0.2) is 5.82 Å². The second kappa shape index (κ2) is 6.64. The van der Waals surface area contributed by atoms with Crippen molar-refractivity contribution in [2.75, 3.05) is 12.4 Å². The standard InChI is InChI=1S/C17H24N4O/c1-11(2)15-10-16(20-19-15)18-17(22)21(5)13(4)14-8-6-12(3)7-9-14/h6-11,13H,1-5H3,(H2,18,19,20,22)/t13-/m0/s1. The molecule has 2 rings (SSSR count). The van der Waals surface area contributed by atoms with E-state index in [1.54, 1.807) is 11.9 Å². The van der Waals surface area contributed by atoms with Crippen molar-refractivity contribution >= 4 is 11.8 Å². The Morgan fingerprint density at radius 3 is 2.41 bits per heavy atom. The van der Waals surface area contributed by atoms with E-state index in [0.717, 1.165) is 11.3 Å². The molecule has 0 spiro atoms. The van der Waals surface area contributed by atoms with Crippen LogP contribution in [-0.2, 0) is 0 Å². The number of carbonyl (C=O) groups is 1. The molecule has 0 radical (unpaired) electrons. The Morgan fingerprint density at radius 1 is 1.23 bits per heavy atom. The zero-order chi connectivity index (χ0) is 16.3. The minimum atomic E-state index is -0.171. The summed E-state index contributed by atoms with van der Waals surface area (Å²) in [6.45, 7) is 8.21. The summed E-state index contributed by atoms with van der Waals surface area (Å²) in [5, 5.41) is 9.88. The number of rotatable bonds is 4. The topological polar surface area (TPSA) is 61.0 Å². The predicted octanol–water partition coefficient (Wildman–Crippen LogP) is 4.07. The zero-order valence-corrected chi connectivity index (χ0v) is 13.8. The lowest BCUT2D eigenvalue weighted by Crippen LogP contribution is -2.33. The van der Waals surface area contributed by atoms with E-state index in [2.05, 4.69) is 60.6 Å². The van der Waals surface area contributed by atoms with Gasteiger partial charge in [-0.25, -0.2) is 4.79 Å². The van der Waals surface area contributed by atoms with Gasteiger partial charge in [0.25, 0.3) is 0 Å². The number of hydrogen-bond donors (Lipinski definition) is 2. The minimum Gasteiger partial charge on any atom is -0.321 e. The maximum Gasteiger partial charge on any atom is 0.323 e. The van der Waals surface area contributed by atoms with Gasteiger partial charge in [-0.05, 0) is 25.3 Å². The van der Waals surface area contributed by atoms with Gasteiger partial charge in [-0.2, -0.15) is 5.10 Å². The third kappa shape index (κ3) is 3.67. The van der Waals surface area contributed by atoms with Crippen molar-refractivity contribution in [1.82, 2.24) is 15.1 Å². The first kappa shape index (κ1) is 16.1. The number of aryl methyl sites for hydroxylation is 1. The number of anilines is 1. The van der Waals surface area contributed by atoms with Crippen LogP contribution in [0.15, 0.2) is 30.3 Å². The molecule has 1 aromatic carbocycles. The number of nitrogens with zero attached hydrogens (tertiary/aromatic N) is 2. The second-order valence-electron chi connectivity index (χ2n) is 5.99. The van der Waals surface area contributed by atoms with Crippen LogP contribution >= 0.6 is 0 Å². The highest BCUT2D eigenvalue weighted by molar-refractivity contribution is 5.88. The van der Waals surface area contributed by atoms with Gasteiger partial charge in [0.1, 0.15) is 0 Å². The van der Waals surface area contributed by atoms with E-state index in [9.17, 15) is 4.79 Å². The molecule has 0 saturated heterocycles. The molecule has 1 atom stereocenters. The summed E-state index contributed by atoms with van der Waals surface area (Å²) in [5.74, 6) is 0.902. The van der Waals surface area contributed by atoms with Crippen LogP contribution in [0.25, 0.3) is 0 Å². The average Bonchev–Trinajstić information content (AvgIpc) is 2.95. The van der Waals surface area contributed by atoms with Crippen LogP contribution < -0.4 is 5.32 Å². The van der Waals surface area contributed by atoms with E-state index >= 15 is 0 Å². The van der Waals surface area contributed by atoms with Gasteiger partial charge < -0.3 is 4.90 Å². The number of H-pyrrole nitrogens is 1. The quantitative estimate of drug-likeness (QED) is 0.894. The van der Waals surface area contributed by atoms with Crippen LogP contribution in [0.5, 0.6) is 0 Å². The molecule has 1 aromatic heterocycles. The summed E-state index contributed by atoms with van der Waals surface area (Å²) in [6, 6.07) is 9.90. The van der Waals surface area contributed by atoms with E-state index in [-0.39, 0.29) is 12.1 Å². The molecule has 1 heterocycles. The lowest BCUT2D eigenvalue weighted by molar-refractivity contribution is 0.208. The Morgan fingerprint density at radius 2 is 1.86 bits per heavy atom. The molecular formula is C17H24N4O. The van der Waals surface area contributed by atoms with Crippen LogP contribution in [0, 0.1) is 6.92 Å². The summed E-state index contributed by atoms with van der Waals surface area (Å²) >= 11 is 0. The number of nitrogens with one attached hydrogen (secondary N) is 2. The number of aromatic amines is 1. The molecule has 5 nitrogen and oxygen atoms in total. The lowest BCUT2D eigenvalue weighted by Gasteiger charge is -2.25. The van der Waals surface area contributed by atoms with Crippen molar-refractivity contribution in [2.24, 2.45) is 0 Å². The first-order chi connectivity index (χ1) is 10.4. The molecule has 0 fully saturated rings. The fourth-order valence-electron chi connectivity index (χ4n) is 2.14. The molecule has 2 aromatic rings. The summed E-state index contributed by atoms with van der Waals surface area (Å²) in [4.78, 5) is 14.0. The summed E-state index contributed by atoms with van der Waals surface area (Å²) in [6.07, 6.45) is 0. The van der Waals surface area contributed by atoms with Crippen LogP contribution in [0.4, 0.5) is 10.6 Å². The van der Waals surface area contributed by atoms with Gasteiger partial charge in [-0.3, -0.25) is 10.4 Å². The Balaban J connectivity index is 2.03. The highest BCUT2D eigenvalue weighted by Gasteiger charge is 2.18. The van der Waals surface area contributed by atoms with E-state index in [1.807, 2.05) is 13.0 Å². The second-order valence-corrected chi connectivity index (χ2v) is 5.99. The highest BCUT2D eigenvalue weighted by Crippen LogP contribution is 2.20. The van der Waals surface area contributed by atoms with Crippen molar-refractivity contribution in [1.29, 1.82) is 0 Å². The summed E-state index contributed by atoms with van der Waals surface area (Å²) in [5.41, 5.74) is 3.32. The Hall–Kier alpha value is -2.30. The van der Waals surface area contributed by atoms with Crippen molar-refractivity contribution in [3.8, 4) is 0 Å². The molecule has 0 aliphatic carbocycles. The number of hydrogen-bond acceptors (Lipinski definition) is 2. The average molecular weight is 300 g/mol. The van der Waals surface area contributed by atoms with Crippen molar-refractivity contribution in [2.45, 2.75) is 39.7 Å². The molecule has 0 aliphatic heterocycles. The van der Waals surface area contributed by atoms with Crippen molar-refractivity contribution in [3.05, 3.63) is 47.2 Å². The minimum absolute atomic E-state index is 0.0101. The molecule has 0 bridgehead atoms. The molecular weight excluding hydrogens is 276 g/mol. The van der Waals surface area contributed by atoms with E-state index in [1.165, 1.54) is 5.56 Å². The van der Waals surface area contributed by atoms with Crippen molar-refractivity contribution in [3.63, 3.8) is 0 Å². The number of benzene rings is 1. The molecule has 0 aliphatic rings. The normalized spacial score (nSPS) is 12.3. The monoisotopic (exact) mass is 300 g/mol. The molecule has 2 amide bonds. The first-order valence-electron chi connectivity index (χ1n) is 7.54. The summed E-state index contributed by atoms with van der Waals surface area (Å²) < 4.78 is 0. The molecule has 5 heteroatoms. The smallest absolute Gasteiger partial charge is 0.321 e. The van der Waals surface area contributed by atoms with Gasteiger partial charge in [0, 0.05) is 18.8 Å². The Bertz CT molecular complexity index is 630. The maximum atomic E-state index is 12.3. The lowest BCUT2D eigenvalue weighted by atomic mass is 10.1. The number of aromatic nitrogens is 2. The van der Waals surface area contributed by atoms with Crippen LogP contribution in [0.2, 0.25) is 0 Å². The maximum absolute atomic E-state index is 12.3. The predicted molar refractivity (Wildman–Crippen MR) is 89.1 cm³/mol. The van der Waals surface area contributed by atoms with Crippen molar-refractivity contribution < 1.29 is 4.79 Å².